The largest absolute Gasteiger partial charge is 0.387 e. The van der Waals surface area contributed by atoms with Crippen molar-refractivity contribution in [2.75, 3.05) is 0 Å². The standard InChI is InChI=1S/C23H17BrCl2N4O3/c24-15-7-12-2-1-11(8-16(12)29-20(15)26)13-3-5-23(9-13)18(32)17(31)22(33-23)30-6-4-14-19(25)27-10-28-21(14)30/h1-8,10,13,17-18,22,31-32H,9H2. The molecule has 1 saturated heterocycles. The number of halogens is 3. The summed E-state index contributed by atoms with van der Waals surface area (Å²) in [6.07, 6.45) is 4.36. The number of rotatable bonds is 2. The Balaban J connectivity index is 1.31. The molecule has 1 fully saturated rings. The van der Waals surface area contributed by atoms with Crippen molar-refractivity contribution in [1.29, 1.82) is 0 Å². The van der Waals surface area contributed by atoms with Gasteiger partial charge >= 0.3 is 0 Å². The number of aliphatic hydroxyl groups excluding tert-OH is 2. The summed E-state index contributed by atoms with van der Waals surface area (Å²) in [5.74, 6) is -0.0163. The van der Waals surface area contributed by atoms with Gasteiger partial charge in [0.05, 0.1) is 15.4 Å². The number of benzene rings is 1. The third-order valence-corrected chi connectivity index (χ3v) is 7.94. The first-order valence-electron chi connectivity index (χ1n) is 10.3. The highest BCUT2D eigenvalue weighted by molar-refractivity contribution is 9.10. The molecular weight excluding hydrogens is 531 g/mol. The van der Waals surface area contributed by atoms with Crippen LogP contribution >= 0.6 is 39.1 Å². The van der Waals surface area contributed by atoms with Crippen molar-refractivity contribution in [2.24, 2.45) is 0 Å². The summed E-state index contributed by atoms with van der Waals surface area (Å²) in [5, 5.41) is 24.3. The summed E-state index contributed by atoms with van der Waals surface area (Å²) in [7, 11) is 0. The number of pyridine rings is 1. The average molecular weight is 548 g/mol. The van der Waals surface area contributed by atoms with Crippen molar-refractivity contribution < 1.29 is 14.9 Å². The van der Waals surface area contributed by atoms with Gasteiger partial charge in [0.15, 0.2) is 6.23 Å². The molecule has 0 radical (unpaired) electrons. The predicted octanol–water partition coefficient (Wildman–Crippen LogP) is 4.78. The van der Waals surface area contributed by atoms with Gasteiger partial charge in [-0.2, -0.15) is 0 Å². The molecule has 2 N–H and O–H groups in total. The number of aromatic nitrogens is 4. The Morgan fingerprint density at radius 3 is 2.82 bits per heavy atom. The maximum absolute atomic E-state index is 11.0. The SMILES string of the molecule is OC1C(n2ccc3c(Cl)ncnc32)OC2(C=CC(c3ccc4cc(Br)c(Cl)nc4c3)C2)C1O. The summed E-state index contributed by atoms with van der Waals surface area (Å²) in [6.45, 7) is 0. The second-order valence-corrected chi connectivity index (χ2v) is 9.98. The van der Waals surface area contributed by atoms with Gasteiger partial charge in [0, 0.05) is 17.5 Å². The summed E-state index contributed by atoms with van der Waals surface area (Å²) in [4.78, 5) is 12.7. The van der Waals surface area contributed by atoms with E-state index in [1.807, 2.05) is 36.4 Å². The van der Waals surface area contributed by atoms with Gasteiger partial charge in [-0.05, 0) is 46.1 Å². The number of hydrogen-bond acceptors (Lipinski definition) is 6. The molecule has 3 aromatic heterocycles. The Bertz CT molecular complexity index is 1440. The number of fused-ring (bicyclic) bond motifs is 2. The highest BCUT2D eigenvalue weighted by atomic mass is 79.9. The number of hydrogen-bond donors (Lipinski definition) is 2. The van der Waals surface area contributed by atoms with Crippen molar-refractivity contribution >= 4 is 61.1 Å². The molecule has 1 aromatic carbocycles. The lowest BCUT2D eigenvalue weighted by molar-refractivity contribution is -0.0741. The third kappa shape index (κ3) is 3.31. The highest BCUT2D eigenvalue weighted by Gasteiger charge is 2.56. The van der Waals surface area contributed by atoms with E-state index in [4.69, 9.17) is 27.9 Å². The number of aliphatic hydroxyl groups is 2. The Hall–Kier alpha value is -2.07. The fourth-order valence-electron chi connectivity index (χ4n) is 4.84. The van der Waals surface area contributed by atoms with Gasteiger partial charge in [0.1, 0.15) is 40.1 Å². The zero-order valence-corrected chi connectivity index (χ0v) is 20.0. The first-order valence-corrected chi connectivity index (χ1v) is 11.9. The van der Waals surface area contributed by atoms with Crippen molar-refractivity contribution in [3.05, 3.63) is 75.4 Å². The second-order valence-electron chi connectivity index (χ2n) is 8.41. The Labute approximate surface area is 206 Å². The molecule has 2 aliphatic rings. The van der Waals surface area contributed by atoms with Gasteiger partial charge in [-0.1, -0.05) is 47.5 Å². The number of nitrogens with zero attached hydrogens (tertiary/aromatic N) is 4. The zero-order valence-electron chi connectivity index (χ0n) is 16.9. The molecule has 0 amide bonds. The van der Waals surface area contributed by atoms with E-state index >= 15 is 0 Å². The number of allylic oxidation sites excluding steroid dienone is 1. The molecule has 4 heterocycles. The molecule has 6 rings (SSSR count). The van der Waals surface area contributed by atoms with E-state index in [1.165, 1.54) is 6.33 Å². The third-order valence-electron chi connectivity index (χ3n) is 6.52. The lowest BCUT2D eigenvalue weighted by Crippen LogP contribution is -2.40. The van der Waals surface area contributed by atoms with Crippen LogP contribution in [0, 0.1) is 0 Å². The van der Waals surface area contributed by atoms with E-state index in [-0.39, 0.29) is 5.92 Å². The highest BCUT2D eigenvalue weighted by Crippen LogP contribution is 2.48. The van der Waals surface area contributed by atoms with Crippen molar-refractivity contribution in [3.63, 3.8) is 0 Å². The maximum atomic E-state index is 11.0. The minimum atomic E-state index is -1.15. The molecule has 168 valence electrons. The van der Waals surface area contributed by atoms with Crippen molar-refractivity contribution in [1.82, 2.24) is 19.5 Å². The molecule has 0 bridgehead atoms. The quantitative estimate of drug-likeness (QED) is 0.213. The smallest absolute Gasteiger partial charge is 0.165 e. The molecule has 1 aliphatic carbocycles. The molecule has 10 heteroatoms. The van der Waals surface area contributed by atoms with Crippen LogP contribution in [-0.2, 0) is 4.74 Å². The van der Waals surface area contributed by atoms with E-state index in [0.29, 0.717) is 27.8 Å². The topological polar surface area (TPSA) is 93.3 Å². The molecule has 1 aliphatic heterocycles. The van der Waals surface area contributed by atoms with Gasteiger partial charge in [-0.3, -0.25) is 0 Å². The van der Waals surface area contributed by atoms with Crippen LogP contribution in [0.4, 0.5) is 0 Å². The summed E-state index contributed by atoms with van der Waals surface area (Å²) in [5.41, 5.74) is 1.32. The average Bonchev–Trinajstić information content (AvgIpc) is 3.48. The first kappa shape index (κ1) is 21.5. The van der Waals surface area contributed by atoms with E-state index in [0.717, 1.165) is 20.9 Å². The fourth-order valence-corrected chi connectivity index (χ4v) is 5.51. The lowest BCUT2D eigenvalue weighted by atomic mass is 9.88. The van der Waals surface area contributed by atoms with Gasteiger partial charge in [-0.15, -0.1) is 0 Å². The Morgan fingerprint density at radius 2 is 1.97 bits per heavy atom. The van der Waals surface area contributed by atoms with E-state index in [2.05, 4.69) is 30.9 Å². The number of ether oxygens (including phenoxy) is 1. The van der Waals surface area contributed by atoms with Crippen LogP contribution < -0.4 is 0 Å². The second kappa shape index (κ2) is 7.73. The molecular formula is C23H17BrCl2N4O3. The lowest BCUT2D eigenvalue weighted by Gasteiger charge is -2.27. The first-order chi connectivity index (χ1) is 15.9. The minimum absolute atomic E-state index is 0.0163. The van der Waals surface area contributed by atoms with Crippen molar-refractivity contribution in [2.45, 2.75) is 36.4 Å². The molecule has 7 nitrogen and oxygen atoms in total. The van der Waals surface area contributed by atoms with Gasteiger partial charge in [0.2, 0.25) is 0 Å². The van der Waals surface area contributed by atoms with Crippen molar-refractivity contribution in [3.8, 4) is 0 Å². The Kier molecular flexibility index (Phi) is 5.03. The van der Waals surface area contributed by atoms with Gasteiger partial charge in [-0.25, -0.2) is 15.0 Å². The van der Waals surface area contributed by atoms with E-state index in [9.17, 15) is 10.2 Å². The van der Waals surface area contributed by atoms with Gasteiger partial charge < -0.3 is 19.5 Å². The van der Waals surface area contributed by atoms with Crippen LogP contribution in [0.25, 0.3) is 21.9 Å². The summed E-state index contributed by atoms with van der Waals surface area (Å²) in [6, 6.07) is 9.73. The van der Waals surface area contributed by atoms with Gasteiger partial charge in [0.25, 0.3) is 0 Å². The summed E-state index contributed by atoms with van der Waals surface area (Å²) >= 11 is 15.7. The fraction of sp³-hybridized carbons (Fsp3) is 0.261. The predicted molar refractivity (Wildman–Crippen MR) is 128 cm³/mol. The minimum Gasteiger partial charge on any atom is -0.387 e. The molecule has 1 spiro atoms. The van der Waals surface area contributed by atoms with Crippen LogP contribution in [-0.4, -0.2) is 47.5 Å². The molecule has 5 unspecified atom stereocenters. The normalized spacial score (nSPS) is 29.1. The van der Waals surface area contributed by atoms with Crippen LogP contribution in [0.2, 0.25) is 10.3 Å². The molecule has 5 atom stereocenters. The van der Waals surface area contributed by atoms with Crippen LogP contribution in [0.3, 0.4) is 0 Å². The van der Waals surface area contributed by atoms with E-state index < -0.39 is 24.0 Å². The summed E-state index contributed by atoms with van der Waals surface area (Å²) < 4.78 is 8.76. The van der Waals surface area contributed by atoms with Crippen LogP contribution in [0.1, 0.15) is 24.1 Å². The molecule has 0 saturated carbocycles. The Morgan fingerprint density at radius 1 is 1.12 bits per heavy atom. The van der Waals surface area contributed by atoms with E-state index in [1.54, 1.807) is 16.8 Å². The van der Waals surface area contributed by atoms with Crippen LogP contribution in [0.5, 0.6) is 0 Å². The maximum Gasteiger partial charge on any atom is 0.165 e. The zero-order chi connectivity index (χ0) is 22.9. The van der Waals surface area contributed by atoms with Crippen LogP contribution in [0.15, 0.2) is 59.5 Å². The molecule has 4 aromatic rings. The molecule has 33 heavy (non-hydrogen) atoms. The monoisotopic (exact) mass is 546 g/mol.